The predicted octanol–water partition coefficient (Wildman–Crippen LogP) is 5.05. The van der Waals surface area contributed by atoms with Crippen molar-refractivity contribution in [2.45, 2.75) is 0 Å². The standard InChI is InChI=1S/2C13H12N2O/c14-13(16)11-8-4-5-9-12(11)15-10-6-2-1-3-7-10;14-12-9-5-4-8-11(12)13(16)15-10-6-2-1-3-7-10/h1-9,15H,(H2,14,16);1-9H,14H2,(H,15,16). The van der Waals surface area contributed by atoms with Crippen molar-refractivity contribution >= 4 is 34.6 Å². The third-order valence-electron chi connectivity index (χ3n) is 4.48. The van der Waals surface area contributed by atoms with Gasteiger partial charge in [0, 0.05) is 17.1 Å². The lowest BCUT2D eigenvalue weighted by molar-refractivity contribution is 0.0998. The summed E-state index contributed by atoms with van der Waals surface area (Å²) in [5.74, 6) is -0.622. The average Bonchev–Trinajstić information content (AvgIpc) is 2.81. The van der Waals surface area contributed by atoms with Crippen LogP contribution in [-0.4, -0.2) is 11.8 Å². The van der Waals surface area contributed by atoms with Gasteiger partial charge in [-0.2, -0.15) is 0 Å². The van der Waals surface area contributed by atoms with Crippen molar-refractivity contribution in [2.75, 3.05) is 16.4 Å². The molecule has 4 aromatic rings. The number of benzene rings is 4. The first-order chi connectivity index (χ1) is 15.5. The number of primary amides is 1. The molecule has 0 unspecified atom stereocenters. The van der Waals surface area contributed by atoms with Gasteiger partial charge in [-0.05, 0) is 48.5 Å². The van der Waals surface area contributed by atoms with Crippen LogP contribution in [0.5, 0.6) is 0 Å². The Bertz CT molecular complexity index is 1180. The number of nitrogen functional groups attached to an aromatic ring is 1. The van der Waals surface area contributed by atoms with Gasteiger partial charge >= 0.3 is 0 Å². The highest BCUT2D eigenvalue weighted by molar-refractivity contribution is 6.07. The van der Waals surface area contributed by atoms with E-state index in [4.69, 9.17) is 11.5 Å². The van der Waals surface area contributed by atoms with Crippen molar-refractivity contribution < 1.29 is 9.59 Å². The Kier molecular flexibility index (Phi) is 7.59. The number of rotatable bonds is 5. The van der Waals surface area contributed by atoms with E-state index in [1.165, 1.54) is 0 Å². The first-order valence-electron chi connectivity index (χ1n) is 9.96. The highest BCUT2D eigenvalue weighted by Gasteiger charge is 2.08. The molecule has 0 saturated heterocycles. The minimum Gasteiger partial charge on any atom is -0.398 e. The summed E-state index contributed by atoms with van der Waals surface area (Å²) in [5.41, 5.74) is 14.9. The molecule has 0 atom stereocenters. The normalized spacial score (nSPS) is 9.75. The molecule has 0 radical (unpaired) electrons. The molecule has 0 saturated carbocycles. The highest BCUT2D eigenvalue weighted by Crippen LogP contribution is 2.20. The van der Waals surface area contributed by atoms with Gasteiger partial charge in [0.2, 0.25) is 0 Å². The third-order valence-corrected chi connectivity index (χ3v) is 4.48. The zero-order valence-corrected chi connectivity index (χ0v) is 17.4. The molecule has 0 heterocycles. The molecule has 6 nitrogen and oxygen atoms in total. The topological polar surface area (TPSA) is 110 Å². The predicted molar refractivity (Wildman–Crippen MR) is 130 cm³/mol. The van der Waals surface area contributed by atoms with Crippen LogP contribution in [0.25, 0.3) is 0 Å². The number of nitrogens with two attached hydrogens (primary N) is 2. The molecule has 4 aromatic carbocycles. The molecule has 0 bridgehead atoms. The van der Waals surface area contributed by atoms with Gasteiger partial charge < -0.3 is 22.1 Å². The molecule has 2 amide bonds. The molecule has 32 heavy (non-hydrogen) atoms. The van der Waals surface area contributed by atoms with E-state index >= 15 is 0 Å². The quantitative estimate of drug-likeness (QED) is 0.336. The summed E-state index contributed by atoms with van der Waals surface area (Å²) in [5, 5.41) is 5.93. The monoisotopic (exact) mass is 424 g/mol. The fourth-order valence-electron chi connectivity index (χ4n) is 2.91. The van der Waals surface area contributed by atoms with E-state index < -0.39 is 5.91 Å². The Hall–Kier alpha value is -4.58. The van der Waals surface area contributed by atoms with E-state index in [1.54, 1.807) is 36.4 Å². The smallest absolute Gasteiger partial charge is 0.257 e. The molecule has 0 aromatic heterocycles. The first kappa shape index (κ1) is 22.1. The molecule has 0 fully saturated rings. The van der Waals surface area contributed by atoms with Gasteiger partial charge in [-0.25, -0.2) is 0 Å². The maximum absolute atomic E-state index is 11.8. The Morgan fingerprint density at radius 3 is 1.69 bits per heavy atom. The lowest BCUT2D eigenvalue weighted by atomic mass is 10.1. The molecule has 6 N–H and O–H groups in total. The van der Waals surface area contributed by atoms with Crippen molar-refractivity contribution in [1.29, 1.82) is 0 Å². The van der Waals surface area contributed by atoms with E-state index in [0.717, 1.165) is 17.1 Å². The fourth-order valence-corrected chi connectivity index (χ4v) is 2.91. The number of para-hydroxylation sites is 4. The number of nitrogens with one attached hydrogen (secondary N) is 2. The summed E-state index contributed by atoms with van der Waals surface area (Å²) in [7, 11) is 0. The summed E-state index contributed by atoms with van der Waals surface area (Å²) < 4.78 is 0. The van der Waals surface area contributed by atoms with Crippen molar-refractivity contribution in [3.05, 3.63) is 120 Å². The summed E-state index contributed by atoms with van der Waals surface area (Å²) in [4.78, 5) is 23.0. The summed E-state index contributed by atoms with van der Waals surface area (Å²) >= 11 is 0. The van der Waals surface area contributed by atoms with Crippen molar-refractivity contribution in [2.24, 2.45) is 5.73 Å². The number of anilines is 4. The minimum atomic E-state index is -0.431. The molecule has 0 spiro atoms. The van der Waals surface area contributed by atoms with Crippen LogP contribution in [0.15, 0.2) is 109 Å². The average molecular weight is 425 g/mol. The van der Waals surface area contributed by atoms with Gasteiger partial charge in [0.25, 0.3) is 11.8 Å². The van der Waals surface area contributed by atoms with Crippen LogP contribution in [0.3, 0.4) is 0 Å². The number of hydrogen-bond donors (Lipinski definition) is 4. The molecule has 6 heteroatoms. The van der Waals surface area contributed by atoms with Gasteiger partial charge in [-0.15, -0.1) is 0 Å². The second-order valence-electron chi connectivity index (χ2n) is 6.81. The second kappa shape index (κ2) is 11.0. The first-order valence-corrected chi connectivity index (χ1v) is 9.96. The minimum absolute atomic E-state index is 0.190. The van der Waals surface area contributed by atoms with Crippen LogP contribution in [0.2, 0.25) is 0 Å². The molecule has 0 aliphatic carbocycles. The Morgan fingerprint density at radius 1 is 0.594 bits per heavy atom. The molecule has 0 aliphatic heterocycles. The van der Waals surface area contributed by atoms with Gasteiger partial charge in [-0.3, -0.25) is 9.59 Å². The van der Waals surface area contributed by atoms with Crippen molar-refractivity contribution in [1.82, 2.24) is 0 Å². The Labute approximate surface area is 186 Å². The van der Waals surface area contributed by atoms with E-state index in [-0.39, 0.29) is 5.91 Å². The zero-order valence-electron chi connectivity index (χ0n) is 17.4. The Morgan fingerprint density at radius 2 is 1.09 bits per heavy atom. The summed E-state index contributed by atoms with van der Waals surface area (Å²) in [6.07, 6.45) is 0. The maximum atomic E-state index is 11.8. The van der Waals surface area contributed by atoms with E-state index in [1.807, 2.05) is 72.8 Å². The molecule has 160 valence electrons. The molecular weight excluding hydrogens is 400 g/mol. The van der Waals surface area contributed by atoms with Gasteiger partial charge in [0.05, 0.1) is 16.8 Å². The number of amides is 2. The number of carbonyl (C=O) groups excluding carboxylic acids is 2. The van der Waals surface area contributed by atoms with Gasteiger partial charge in [0.1, 0.15) is 0 Å². The largest absolute Gasteiger partial charge is 0.398 e. The number of hydrogen-bond acceptors (Lipinski definition) is 4. The van der Waals surface area contributed by atoms with Crippen LogP contribution in [0.1, 0.15) is 20.7 Å². The fraction of sp³-hybridized carbons (Fsp3) is 0. The van der Waals surface area contributed by atoms with Crippen molar-refractivity contribution in [3.63, 3.8) is 0 Å². The van der Waals surface area contributed by atoms with E-state index in [0.29, 0.717) is 16.8 Å². The second-order valence-corrected chi connectivity index (χ2v) is 6.81. The van der Waals surface area contributed by atoms with Crippen LogP contribution < -0.4 is 22.1 Å². The third kappa shape index (κ3) is 6.21. The molecule has 0 aliphatic rings. The Balaban J connectivity index is 0.000000181. The summed E-state index contributed by atoms with van der Waals surface area (Å²) in [6.45, 7) is 0. The maximum Gasteiger partial charge on any atom is 0.257 e. The van der Waals surface area contributed by atoms with Crippen molar-refractivity contribution in [3.8, 4) is 0 Å². The molecular formula is C26H24N4O2. The lowest BCUT2D eigenvalue weighted by Crippen LogP contribution is -2.13. The SMILES string of the molecule is NC(=O)c1ccccc1Nc1ccccc1.Nc1ccccc1C(=O)Nc1ccccc1. The highest BCUT2D eigenvalue weighted by atomic mass is 16.2. The van der Waals surface area contributed by atoms with Crippen LogP contribution in [0.4, 0.5) is 22.7 Å². The van der Waals surface area contributed by atoms with Crippen LogP contribution >= 0.6 is 0 Å². The van der Waals surface area contributed by atoms with Gasteiger partial charge in [0.15, 0.2) is 0 Å². The molecule has 4 rings (SSSR count). The van der Waals surface area contributed by atoms with Crippen LogP contribution in [-0.2, 0) is 0 Å². The lowest BCUT2D eigenvalue weighted by Gasteiger charge is -2.09. The van der Waals surface area contributed by atoms with E-state index in [9.17, 15) is 9.59 Å². The summed E-state index contributed by atoms with van der Waals surface area (Å²) in [6, 6.07) is 33.1. The van der Waals surface area contributed by atoms with Gasteiger partial charge in [-0.1, -0.05) is 60.7 Å². The van der Waals surface area contributed by atoms with E-state index in [2.05, 4.69) is 10.6 Å². The number of carbonyl (C=O) groups is 2. The van der Waals surface area contributed by atoms with Crippen LogP contribution in [0, 0.1) is 0 Å². The zero-order chi connectivity index (χ0) is 22.8.